The molecule has 3 amide bonds. The first-order valence-corrected chi connectivity index (χ1v) is 10.9. The second-order valence-electron chi connectivity index (χ2n) is 7.58. The summed E-state index contributed by atoms with van der Waals surface area (Å²) in [6.07, 6.45) is 2.22. The summed E-state index contributed by atoms with van der Waals surface area (Å²) in [7, 11) is 0. The third-order valence-corrected chi connectivity index (χ3v) is 6.09. The van der Waals surface area contributed by atoms with E-state index in [1.165, 1.54) is 0 Å². The van der Waals surface area contributed by atoms with Crippen LogP contribution in [0.4, 0.5) is 11.4 Å². The van der Waals surface area contributed by atoms with Crippen molar-refractivity contribution in [1.82, 2.24) is 4.90 Å². The predicted molar refractivity (Wildman–Crippen MR) is 121 cm³/mol. The molecule has 1 aliphatic rings. The van der Waals surface area contributed by atoms with Gasteiger partial charge in [0.1, 0.15) is 0 Å². The predicted octanol–water partition coefficient (Wildman–Crippen LogP) is 4.60. The van der Waals surface area contributed by atoms with Gasteiger partial charge in [-0.3, -0.25) is 14.4 Å². The summed E-state index contributed by atoms with van der Waals surface area (Å²) < 4.78 is 0.984. The van der Waals surface area contributed by atoms with Crippen LogP contribution in [-0.4, -0.2) is 35.7 Å². The quantitative estimate of drug-likeness (QED) is 0.619. The number of hydrogen-bond donors (Lipinski definition) is 2. The molecule has 30 heavy (non-hydrogen) atoms. The van der Waals surface area contributed by atoms with Crippen molar-refractivity contribution < 1.29 is 14.4 Å². The number of anilines is 2. The van der Waals surface area contributed by atoms with Crippen LogP contribution in [-0.2, 0) is 9.59 Å². The van der Waals surface area contributed by atoms with E-state index in [-0.39, 0.29) is 30.1 Å². The summed E-state index contributed by atoms with van der Waals surface area (Å²) in [5, 5.41) is 5.72. The van der Waals surface area contributed by atoms with Crippen LogP contribution < -0.4 is 10.6 Å². The molecule has 1 unspecified atom stereocenters. The highest BCUT2D eigenvalue weighted by molar-refractivity contribution is 9.10. The zero-order valence-corrected chi connectivity index (χ0v) is 18.8. The van der Waals surface area contributed by atoms with Crippen molar-refractivity contribution >= 4 is 45.0 Å². The monoisotopic (exact) mass is 471 g/mol. The molecule has 0 saturated carbocycles. The Kier molecular flexibility index (Phi) is 7.26. The molecule has 2 aromatic carbocycles. The molecule has 1 saturated heterocycles. The maximum absolute atomic E-state index is 12.5. The van der Waals surface area contributed by atoms with Crippen molar-refractivity contribution in [3.05, 3.63) is 58.1 Å². The maximum Gasteiger partial charge on any atom is 0.255 e. The average molecular weight is 472 g/mol. The number of benzene rings is 2. The van der Waals surface area contributed by atoms with E-state index in [0.717, 1.165) is 28.6 Å². The van der Waals surface area contributed by atoms with Crippen LogP contribution in [0.1, 0.15) is 42.1 Å². The van der Waals surface area contributed by atoms with Crippen molar-refractivity contribution in [2.24, 2.45) is 5.92 Å². The van der Waals surface area contributed by atoms with Crippen LogP contribution in [0.15, 0.2) is 46.9 Å². The Hall–Kier alpha value is -2.67. The summed E-state index contributed by atoms with van der Waals surface area (Å²) in [6, 6.07) is 12.4. The number of carbonyl (C=O) groups is 3. The number of nitrogens with zero attached hydrogens (tertiary/aromatic N) is 1. The molecule has 0 spiro atoms. The fraction of sp³-hybridized carbons (Fsp3) is 0.348. The molecule has 2 N–H and O–H groups in total. The summed E-state index contributed by atoms with van der Waals surface area (Å²) in [6.45, 7) is 5.21. The molecular formula is C23H26BrN3O3. The Balaban J connectivity index is 1.56. The lowest BCUT2D eigenvalue weighted by Gasteiger charge is -2.16. The Bertz CT molecular complexity index is 943. The first-order valence-electron chi connectivity index (χ1n) is 10.1. The highest BCUT2D eigenvalue weighted by Crippen LogP contribution is 2.22. The van der Waals surface area contributed by atoms with E-state index in [2.05, 4.69) is 33.5 Å². The minimum atomic E-state index is -0.335. The Morgan fingerprint density at radius 3 is 2.47 bits per heavy atom. The van der Waals surface area contributed by atoms with Crippen molar-refractivity contribution in [2.45, 2.75) is 33.1 Å². The van der Waals surface area contributed by atoms with Crippen LogP contribution in [0.5, 0.6) is 0 Å². The van der Waals surface area contributed by atoms with Crippen molar-refractivity contribution in [3.63, 3.8) is 0 Å². The zero-order chi connectivity index (χ0) is 21.7. The standard InChI is InChI=1S/C23H26BrN3O3/c1-3-4-11-27-14-17(13-21(27)28)23(30)25-18-7-5-16(6-8-18)22(29)26-19-9-10-20(24)15(2)12-19/h5-10,12,17H,3-4,11,13-14H2,1-2H3,(H,25,30)(H,26,29). The summed E-state index contributed by atoms with van der Waals surface area (Å²) >= 11 is 3.44. The lowest BCUT2D eigenvalue weighted by molar-refractivity contribution is -0.128. The lowest BCUT2D eigenvalue weighted by atomic mass is 10.1. The lowest BCUT2D eigenvalue weighted by Crippen LogP contribution is -2.29. The third-order valence-electron chi connectivity index (χ3n) is 5.20. The Morgan fingerprint density at radius 1 is 1.10 bits per heavy atom. The number of amides is 3. The molecule has 0 bridgehead atoms. The van der Waals surface area contributed by atoms with Crippen molar-refractivity contribution in [2.75, 3.05) is 23.7 Å². The molecule has 158 valence electrons. The largest absolute Gasteiger partial charge is 0.342 e. The van der Waals surface area contributed by atoms with Crippen LogP contribution >= 0.6 is 15.9 Å². The molecule has 0 aliphatic carbocycles. The van der Waals surface area contributed by atoms with Gasteiger partial charge in [-0.15, -0.1) is 0 Å². The Morgan fingerprint density at radius 2 is 1.80 bits per heavy atom. The molecule has 0 radical (unpaired) electrons. The van der Waals surface area contributed by atoms with Gasteiger partial charge in [0.25, 0.3) is 5.91 Å². The van der Waals surface area contributed by atoms with E-state index >= 15 is 0 Å². The maximum atomic E-state index is 12.5. The van der Waals surface area contributed by atoms with Gasteiger partial charge >= 0.3 is 0 Å². The fourth-order valence-corrected chi connectivity index (χ4v) is 3.63. The topological polar surface area (TPSA) is 78.5 Å². The van der Waals surface area contributed by atoms with Crippen molar-refractivity contribution in [3.8, 4) is 0 Å². The molecule has 0 aromatic heterocycles. The Labute approximate surface area is 185 Å². The first-order chi connectivity index (χ1) is 14.4. The van der Waals surface area contributed by atoms with Gasteiger partial charge in [0, 0.05) is 40.9 Å². The second kappa shape index (κ2) is 9.89. The molecule has 1 atom stereocenters. The van der Waals surface area contributed by atoms with Gasteiger partial charge in [-0.1, -0.05) is 29.3 Å². The van der Waals surface area contributed by atoms with E-state index in [9.17, 15) is 14.4 Å². The van der Waals surface area contributed by atoms with Gasteiger partial charge in [0.05, 0.1) is 5.92 Å². The van der Waals surface area contributed by atoms with E-state index in [1.807, 2.05) is 25.1 Å². The molecule has 3 rings (SSSR count). The molecule has 6 nitrogen and oxygen atoms in total. The minimum absolute atomic E-state index is 0.0406. The second-order valence-corrected chi connectivity index (χ2v) is 8.43. The van der Waals surface area contributed by atoms with E-state index < -0.39 is 0 Å². The average Bonchev–Trinajstić information content (AvgIpc) is 3.10. The van der Waals surface area contributed by atoms with Gasteiger partial charge < -0.3 is 15.5 Å². The van der Waals surface area contributed by atoms with Gasteiger partial charge in [-0.05, 0) is 61.4 Å². The number of aryl methyl sites for hydroxylation is 1. The number of likely N-dealkylation sites (tertiary alicyclic amines) is 1. The van der Waals surface area contributed by atoms with E-state index in [0.29, 0.717) is 24.3 Å². The smallest absolute Gasteiger partial charge is 0.255 e. The minimum Gasteiger partial charge on any atom is -0.342 e. The summed E-state index contributed by atoms with van der Waals surface area (Å²) in [4.78, 5) is 38.8. The highest BCUT2D eigenvalue weighted by atomic mass is 79.9. The number of hydrogen-bond acceptors (Lipinski definition) is 3. The number of halogens is 1. The third kappa shape index (κ3) is 5.48. The van der Waals surface area contributed by atoms with Gasteiger partial charge in [0.2, 0.25) is 11.8 Å². The zero-order valence-electron chi connectivity index (χ0n) is 17.2. The van der Waals surface area contributed by atoms with Crippen LogP contribution in [0.2, 0.25) is 0 Å². The number of unbranched alkanes of at least 4 members (excludes halogenated alkanes) is 1. The molecule has 1 fully saturated rings. The molecule has 1 heterocycles. The van der Waals surface area contributed by atoms with E-state index in [4.69, 9.17) is 0 Å². The van der Waals surface area contributed by atoms with Gasteiger partial charge in [-0.25, -0.2) is 0 Å². The van der Waals surface area contributed by atoms with Crippen LogP contribution in [0.3, 0.4) is 0 Å². The first kappa shape index (κ1) is 22.0. The molecular weight excluding hydrogens is 446 g/mol. The fourth-order valence-electron chi connectivity index (χ4n) is 3.39. The summed E-state index contributed by atoms with van der Waals surface area (Å²) in [5.74, 6) is -0.677. The molecule has 1 aliphatic heterocycles. The van der Waals surface area contributed by atoms with Crippen LogP contribution in [0, 0.1) is 12.8 Å². The number of carbonyl (C=O) groups excluding carboxylic acids is 3. The normalized spacial score (nSPS) is 15.9. The van der Waals surface area contributed by atoms with Gasteiger partial charge in [-0.2, -0.15) is 0 Å². The highest BCUT2D eigenvalue weighted by Gasteiger charge is 2.33. The van der Waals surface area contributed by atoms with Crippen LogP contribution in [0.25, 0.3) is 0 Å². The number of nitrogens with one attached hydrogen (secondary N) is 2. The molecule has 7 heteroatoms. The van der Waals surface area contributed by atoms with Gasteiger partial charge in [0.15, 0.2) is 0 Å². The van der Waals surface area contributed by atoms with Crippen molar-refractivity contribution in [1.29, 1.82) is 0 Å². The molecule has 2 aromatic rings. The number of rotatable bonds is 7. The SMILES string of the molecule is CCCCN1CC(C(=O)Nc2ccc(C(=O)Nc3ccc(Br)c(C)c3)cc2)CC1=O. The van der Waals surface area contributed by atoms with E-state index in [1.54, 1.807) is 29.2 Å². The summed E-state index contributed by atoms with van der Waals surface area (Å²) in [5.41, 5.74) is 2.85.